The molecule has 2 aromatic rings. The summed E-state index contributed by atoms with van der Waals surface area (Å²) < 4.78 is 23.9. The van der Waals surface area contributed by atoms with E-state index in [0.29, 0.717) is 26.4 Å². The number of ether oxygens (including phenoxy) is 2. The second-order valence-electron chi connectivity index (χ2n) is 3.49. The molecule has 0 saturated heterocycles. The van der Waals surface area contributed by atoms with Gasteiger partial charge in [0.1, 0.15) is 5.82 Å². The first kappa shape index (κ1) is 14.0. The van der Waals surface area contributed by atoms with Crippen molar-refractivity contribution in [3.05, 3.63) is 33.5 Å². The SMILES string of the molecule is COC(=O)c1csc(-c2cc(OC)ncc2F)c1Br. The zero-order chi connectivity index (χ0) is 14.0. The topological polar surface area (TPSA) is 48.4 Å². The number of hydrogen-bond donors (Lipinski definition) is 0. The highest BCUT2D eigenvalue weighted by atomic mass is 79.9. The summed E-state index contributed by atoms with van der Waals surface area (Å²) in [5.74, 6) is -0.660. The van der Waals surface area contributed by atoms with Gasteiger partial charge in [-0.1, -0.05) is 0 Å². The second kappa shape index (κ2) is 5.66. The van der Waals surface area contributed by atoms with Crippen LogP contribution in [0, 0.1) is 5.82 Å². The summed E-state index contributed by atoms with van der Waals surface area (Å²) in [6.07, 6.45) is 1.08. The van der Waals surface area contributed by atoms with Gasteiger partial charge < -0.3 is 9.47 Å². The highest BCUT2D eigenvalue weighted by molar-refractivity contribution is 9.10. The van der Waals surface area contributed by atoms with Gasteiger partial charge in [-0.05, 0) is 15.9 Å². The number of hydrogen-bond acceptors (Lipinski definition) is 5. The summed E-state index contributed by atoms with van der Waals surface area (Å²) in [5, 5.41) is 1.61. The highest BCUT2D eigenvalue weighted by Crippen LogP contribution is 2.39. The molecule has 7 heteroatoms. The lowest BCUT2D eigenvalue weighted by Crippen LogP contribution is -1.99. The van der Waals surface area contributed by atoms with Crippen molar-refractivity contribution in [2.24, 2.45) is 0 Å². The summed E-state index contributed by atoms with van der Waals surface area (Å²) in [4.78, 5) is 15.9. The number of thiophene rings is 1. The van der Waals surface area contributed by atoms with Crippen molar-refractivity contribution >= 4 is 33.2 Å². The van der Waals surface area contributed by atoms with E-state index in [1.165, 1.54) is 31.6 Å². The Hall–Kier alpha value is -1.47. The molecule has 0 radical (unpaired) electrons. The normalized spacial score (nSPS) is 10.3. The molecule has 0 spiro atoms. The number of pyridine rings is 1. The van der Waals surface area contributed by atoms with E-state index in [4.69, 9.17) is 4.74 Å². The quantitative estimate of drug-likeness (QED) is 0.798. The lowest BCUT2D eigenvalue weighted by Gasteiger charge is -2.04. The fourth-order valence-corrected chi connectivity index (χ4v) is 3.35. The first-order chi connectivity index (χ1) is 9.08. The maximum absolute atomic E-state index is 13.8. The van der Waals surface area contributed by atoms with Gasteiger partial charge in [0, 0.05) is 17.0 Å². The number of aromatic nitrogens is 1. The van der Waals surface area contributed by atoms with E-state index >= 15 is 0 Å². The average Bonchev–Trinajstić information content (AvgIpc) is 2.80. The number of carbonyl (C=O) groups excluding carboxylic acids is 1. The molecule has 0 fully saturated rings. The maximum Gasteiger partial charge on any atom is 0.339 e. The minimum Gasteiger partial charge on any atom is -0.481 e. The molecule has 0 aromatic carbocycles. The largest absolute Gasteiger partial charge is 0.481 e. The summed E-state index contributed by atoms with van der Waals surface area (Å²) in [6.45, 7) is 0. The van der Waals surface area contributed by atoms with Crippen molar-refractivity contribution in [2.75, 3.05) is 14.2 Å². The first-order valence-electron chi connectivity index (χ1n) is 5.13. The number of esters is 1. The summed E-state index contributed by atoms with van der Waals surface area (Å²) in [7, 11) is 2.75. The van der Waals surface area contributed by atoms with E-state index in [-0.39, 0.29) is 0 Å². The van der Waals surface area contributed by atoms with Crippen LogP contribution in [0.1, 0.15) is 10.4 Å². The molecule has 0 aliphatic rings. The Morgan fingerprint density at radius 3 is 2.84 bits per heavy atom. The van der Waals surface area contributed by atoms with Crippen molar-refractivity contribution in [3.63, 3.8) is 0 Å². The Balaban J connectivity index is 2.53. The number of nitrogens with zero attached hydrogens (tertiary/aromatic N) is 1. The zero-order valence-corrected chi connectivity index (χ0v) is 12.5. The van der Waals surface area contributed by atoms with Crippen LogP contribution in [0.4, 0.5) is 4.39 Å². The zero-order valence-electron chi connectivity index (χ0n) is 10.1. The molecule has 2 aromatic heterocycles. The molecule has 0 N–H and O–H groups in total. The third-order valence-electron chi connectivity index (χ3n) is 2.42. The van der Waals surface area contributed by atoms with E-state index in [2.05, 4.69) is 25.7 Å². The minimum atomic E-state index is -0.486. The predicted octanol–water partition coefficient (Wildman–Crippen LogP) is 3.51. The third kappa shape index (κ3) is 2.62. The number of halogens is 2. The van der Waals surface area contributed by atoms with Gasteiger partial charge in [0.2, 0.25) is 5.88 Å². The van der Waals surface area contributed by atoms with Crippen LogP contribution < -0.4 is 4.74 Å². The molecule has 19 heavy (non-hydrogen) atoms. The lowest BCUT2D eigenvalue weighted by molar-refractivity contribution is 0.0600. The number of carbonyl (C=O) groups is 1. The monoisotopic (exact) mass is 345 g/mol. The summed E-state index contributed by atoms with van der Waals surface area (Å²) >= 11 is 4.53. The molecule has 2 rings (SSSR count). The van der Waals surface area contributed by atoms with E-state index in [9.17, 15) is 9.18 Å². The van der Waals surface area contributed by atoms with Gasteiger partial charge in [0.25, 0.3) is 0 Å². The molecule has 0 amide bonds. The molecule has 0 bridgehead atoms. The smallest absolute Gasteiger partial charge is 0.339 e. The Labute approximate surface area is 121 Å². The minimum absolute atomic E-state index is 0.302. The molecule has 2 heterocycles. The van der Waals surface area contributed by atoms with Gasteiger partial charge >= 0.3 is 5.97 Å². The van der Waals surface area contributed by atoms with Crippen molar-refractivity contribution in [2.45, 2.75) is 0 Å². The van der Waals surface area contributed by atoms with Gasteiger partial charge in [-0.25, -0.2) is 14.2 Å². The Morgan fingerprint density at radius 2 is 2.21 bits per heavy atom. The van der Waals surface area contributed by atoms with Crippen molar-refractivity contribution < 1.29 is 18.7 Å². The fourth-order valence-electron chi connectivity index (χ4n) is 1.48. The third-order valence-corrected chi connectivity index (χ3v) is 4.52. The van der Waals surface area contributed by atoms with Crippen LogP contribution in [0.25, 0.3) is 10.4 Å². The Kier molecular flexibility index (Phi) is 4.16. The first-order valence-corrected chi connectivity index (χ1v) is 6.81. The molecule has 0 saturated carbocycles. The molecule has 4 nitrogen and oxygen atoms in total. The van der Waals surface area contributed by atoms with E-state index < -0.39 is 11.8 Å². The molecular formula is C12H9BrFNO3S. The van der Waals surface area contributed by atoms with Crippen molar-refractivity contribution in [1.29, 1.82) is 0 Å². The van der Waals surface area contributed by atoms with Crippen LogP contribution in [0.5, 0.6) is 5.88 Å². The van der Waals surface area contributed by atoms with Gasteiger partial charge in [-0.2, -0.15) is 0 Å². The van der Waals surface area contributed by atoms with Crippen LogP contribution in [-0.4, -0.2) is 25.2 Å². The lowest BCUT2D eigenvalue weighted by atomic mass is 10.2. The van der Waals surface area contributed by atoms with Crippen molar-refractivity contribution in [3.8, 4) is 16.3 Å². The molecule has 0 atom stereocenters. The second-order valence-corrected chi connectivity index (χ2v) is 5.16. The van der Waals surface area contributed by atoms with Crippen LogP contribution in [-0.2, 0) is 4.74 Å². The standard InChI is InChI=1S/C12H9BrFNO3S/c1-17-9-3-6(8(14)4-15-9)11-10(13)7(5-19-11)12(16)18-2/h3-5H,1-2H3. The van der Waals surface area contributed by atoms with Crippen molar-refractivity contribution in [1.82, 2.24) is 4.98 Å². The summed E-state index contributed by atoms with van der Waals surface area (Å²) in [6, 6.07) is 1.48. The van der Waals surface area contributed by atoms with E-state index in [0.717, 1.165) is 6.20 Å². The molecular weight excluding hydrogens is 337 g/mol. The summed E-state index contributed by atoms with van der Waals surface area (Å²) in [5.41, 5.74) is 0.677. The van der Waals surface area contributed by atoms with Crippen LogP contribution >= 0.6 is 27.3 Å². The Bertz CT molecular complexity index is 629. The highest BCUT2D eigenvalue weighted by Gasteiger charge is 2.20. The van der Waals surface area contributed by atoms with Gasteiger partial charge in [0.05, 0.1) is 35.3 Å². The van der Waals surface area contributed by atoms with Gasteiger partial charge in [0.15, 0.2) is 0 Å². The van der Waals surface area contributed by atoms with E-state index in [1.54, 1.807) is 5.38 Å². The van der Waals surface area contributed by atoms with Crippen LogP contribution in [0.15, 0.2) is 22.1 Å². The van der Waals surface area contributed by atoms with Gasteiger partial charge in [-0.15, -0.1) is 11.3 Å². The van der Waals surface area contributed by atoms with Crippen LogP contribution in [0.2, 0.25) is 0 Å². The molecule has 0 unspecified atom stereocenters. The fraction of sp³-hybridized carbons (Fsp3) is 0.167. The molecule has 100 valence electrons. The van der Waals surface area contributed by atoms with Gasteiger partial charge in [-0.3, -0.25) is 0 Å². The average molecular weight is 346 g/mol. The number of rotatable bonds is 3. The van der Waals surface area contributed by atoms with E-state index in [1.807, 2.05) is 0 Å². The predicted molar refractivity (Wildman–Crippen MR) is 73.1 cm³/mol. The number of methoxy groups -OCH3 is 2. The Morgan fingerprint density at radius 1 is 1.47 bits per heavy atom. The molecule has 0 aliphatic heterocycles. The van der Waals surface area contributed by atoms with Crippen LogP contribution in [0.3, 0.4) is 0 Å². The maximum atomic E-state index is 13.8. The molecule has 0 aliphatic carbocycles.